The lowest BCUT2D eigenvalue weighted by molar-refractivity contribution is 0.114. The molecule has 1 saturated heterocycles. The summed E-state index contributed by atoms with van der Waals surface area (Å²) < 4.78 is 5.37. The second-order valence-electron chi connectivity index (χ2n) is 3.70. The molecule has 0 saturated carbocycles. The molecule has 0 aromatic carbocycles. The van der Waals surface area contributed by atoms with Gasteiger partial charge in [-0.15, -0.1) is 0 Å². The summed E-state index contributed by atoms with van der Waals surface area (Å²) in [6.45, 7) is 7.05. The van der Waals surface area contributed by atoms with Gasteiger partial charge in [0.2, 0.25) is 0 Å². The molecule has 0 spiro atoms. The van der Waals surface area contributed by atoms with Crippen molar-refractivity contribution in [3.8, 4) is 0 Å². The van der Waals surface area contributed by atoms with Gasteiger partial charge in [-0.25, -0.2) is 4.79 Å². The lowest BCUT2D eigenvalue weighted by atomic mass is 10.3. The molecule has 1 aliphatic rings. The monoisotopic (exact) mass is 200 g/mol. The summed E-state index contributed by atoms with van der Waals surface area (Å²) >= 11 is 0. The number of carbonyl (C=O) groups is 1. The third kappa shape index (κ3) is 3.18. The van der Waals surface area contributed by atoms with Crippen molar-refractivity contribution in [2.45, 2.75) is 32.7 Å². The molecule has 0 bridgehead atoms. The second kappa shape index (κ2) is 5.86. The predicted octanol–water partition coefficient (Wildman–Crippen LogP) is 1.22. The Bertz CT molecular complexity index is 185. The van der Waals surface area contributed by atoms with Gasteiger partial charge in [0.1, 0.15) is 0 Å². The van der Waals surface area contributed by atoms with Gasteiger partial charge in [-0.1, -0.05) is 6.92 Å². The molecule has 0 aromatic heterocycles. The third-order valence-corrected chi connectivity index (χ3v) is 2.37. The van der Waals surface area contributed by atoms with E-state index in [-0.39, 0.29) is 12.1 Å². The zero-order valence-electron chi connectivity index (χ0n) is 9.08. The van der Waals surface area contributed by atoms with Gasteiger partial charge in [-0.2, -0.15) is 0 Å². The zero-order chi connectivity index (χ0) is 10.4. The summed E-state index contributed by atoms with van der Waals surface area (Å²) in [7, 11) is 0. The SMILES string of the molecule is CCCNC(=O)N1CCCOCC1C. The number of ether oxygens (including phenoxy) is 1. The minimum absolute atomic E-state index is 0.0462. The first kappa shape index (κ1) is 11.3. The number of carbonyl (C=O) groups excluding carboxylic acids is 1. The minimum atomic E-state index is 0.0462. The lowest BCUT2D eigenvalue weighted by Crippen LogP contribution is -2.46. The van der Waals surface area contributed by atoms with Crippen molar-refractivity contribution in [3.63, 3.8) is 0 Å². The molecule has 1 fully saturated rings. The molecule has 0 radical (unpaired) electrons. The number of nitrogens with one attached hydrogen (secondary N) is 1. The van der Waals surface area contributed by atoms with Crippen LogP contribution in [0.25, 0.3) is 0 Å². The minimum Gasteiger partial charge on any atom is -0.379 e. The first-order chi connectivity index (χ1) is 6.75. The third-order valence-electron chi connectivity index (χ3n) is 2.37. The van der Waals surface area contributed by atoms with Gasteiger partial charge in [-0.3, -0.25) is 0 Å². The van der Waals surface area contributed by atoms with E-state index in [1.165, 1.54) is 0 Å². The number of hydrogen-bond donors (Lipinski definition) is 1. The van der Waals surface area contributed by atoms with E-state index in [2.05, 4.69) is 12.2 Å². The highest BCUT2D eigenvalue weighted by molar-refractivity contribution is 5.74. The highest BCUT2D eigenvalue weighted by atomic mass is 16.5. The molecule has 1 unspecified atom stereocenters. The Labute approximate surface area is 85.6 Å². The molecule has 1 atom stereocenters. The van der Waals surface area contributed by atoms with E-state index in [9.17, 15) is 4.79 Å². The van der Waals surface area contributed by atoms with Crippen LogP contribution in [0.1, 0.15) is 26.7 Å². The summed E-state index contributed by atoms with van der Waals surface area (Å²) in [5, 5.41) is 2.89. The standard InChI is InChI=1S/C10H20N2O2/c1-3-5-11-10(13)12-6-4-7-14-8-9(12)2/h9H,3-8H2,1-2H3,(H,11,13). The van der Waals surface area contributed by atoms with Crippen LogP contribution in [-0.2, 0) is 4.74 Å². The number of hydrogen-bond acceptors (Lipinski definition) is 2. The van der Waals surface area contributed by atoms with Crippen LogP contribution in [0.3, 0.4) is 0 Å². The molecule has 2 amide bonds. The Kier molecular flexibility index (Phi) is 4.73. The fourth-order valence-corrected chi connectivity index (χ4v) is 1.54. The summed E-state index contributed by atoms with van der Waals surface area (Å²) in [6, 6.07) is 0.235. The topological polar surface area (TPSA) is 41.6 Å². The molecule has 4 heteroatoms. The van der Waals surface area contributed by atoms with Gasteiger partial charge in [0.25, 0.3) is 0 Å². The van der Waals surface area contributed by atoms with Gasteiger partial charge in [-0.05, 0) is 19.8 Å². The van der Waals surface area contributed by atoms with Gasteiger partial charge < -0.3 is 15.0 Å². The summed E-state index contributed by atoms with van der Waals surface area (Å²) in [5.74, 6) is 0. The van der Waals surface area contributed by atoms with E-state index in [1.54, 1.807) is 0 Å². The van der Waals surface area contributed by atoms with Crippen molar-refractivity contribution < 1.29 is 9.53 Å². The molecule has 0 aliphatic carbocycles. The molecule has 1 rings (SSSR count). The van der Waals surface area contributed by atoms with Crippen molar-refractivity contribution >= 4 is 6.03 Å². The second-order valence-corrected chi connectivity index (χ2v) is 3.70. The van der Waals surface area contributed by atoms with Crippen LogP contribution in [0, 0.1) is 0 Å². The maximum Gasteiger partial charge on any atom is 0.317 e. The largest absolute Gasteiger partial charge is 0.379 e. The Hall–Kier alpha value is -0.770. The number of rotatable bonds is 2. The van der Waals surface area contributed by atoms with E-state index < -0.39 is 0 Å². The van der Waals surface area contributed by atoms with Crippen LogP contribution < -0.4 is 5.32 Å². The van der Waals surface area contributed by atoms with E-state index in [4.69, 9.17) is 4.74 Å². The molecule has 1 aliphatic heterocycles. The van der Waals surface area contributed by atoms with Crippen LogP contribution >= 0.6 is 0 Å². The average molecular weight is 200 g/mol. The fraction of sp³-hybridized carbons (Fsp3) is 0.900. The van der Waals surface area contributed by atoms with E-state index in [0.717, 1.165) is 32.5 Å². The highest BCUT2D eigenvalue weighted by Gasteiger charge is 2.21. The van der Waals surface area contributed by atoms with Crippen molar-refractivity contribution in [2.75, 3.05) is 26.3 Å². The maximum atomic E-state index is 11.7. The molecule has 82 valence electrons. The summed E-state index contributed by atoms with van der Waals surface area (Å²) in [5.41, 5.74) is 0. The Morgan fingerprint density at radius 3 is 3.14 bits per heavy atom. The summed E-state index contributed by atoms with van der Waals surface area (Å²) in [6.07, 6.45) is 1.91. The van der Waals surface area contributed by atoms with Crippen LogP contribution in [0.5, 0.6) is 0 Å². The fourth-order valence-electron chi connectivity index (χ4n) is 1.54. The van der Waals surface area contributed by atoms with Crippen LogP contribution in [0.15, 0.2) is 0 Å². The predicted molar refractivity (Wildman–Crippen MR) is 55.3 cm³/mol. The van der Waals surface area contributed by atoms with Crippen molar-refractivity contribution in [2.24, 2.45) is 0 Å². The maximum absolute atomic E-state index is 11.7. The van der Waals surface area contributed by atoms with Crippen LogP contribution in [-0.4, -0.2) is 43.3 Å². The van der Waals surface area contributed by atoms with E-state index in [0.29, 0.717) is 6.61 Å². The van der Waals surface area contributed by atoms with Gasteiger partial charge >= 0.3 is 6.03 Å². The van der Waals surface area contributed by atoms with Crippen molar-refractivity contribution in [1.29, 1.82) is 0 Å². The van der Waals surface area contributed by atoms with Gasteiger partial charge in [0.05, 0.1) is 12.6 Å². The van der Waals surface area contributed by atoms with Gasteiger partial charge in [0.15, 0.2) is 0 Å². The Morgan fingerprint density at radius 1 is 1.64 bits per heavy atom. The van der Waals surface area contributed by atoms with E-state index in [1.807, 2.05) is 11.8 Å². The normalized spacial score (nSPS) is 23.0. The Morgan fingerprint density at radius 2 is 2.43 bits per heavy atom. The van der Waals surface area contributed by atoms with E-state index >= 15 is 0 Å². The van der Waals surface area contributed by atoms with Crippen LogP contribution in [0.2, 0.25) is 0 Å². The number of amides is 2. The molecule has 1 N–H and O–H groups in total. The van der Waals surface area contributed by atoms with Gasteiger partial charge in [0, 0.05) is 19.7 Å². The molecule has 14 heavy (non-hydrogen) atoms. The van der Waals surface area contributed by atoms with Crippen molar-refractivity contribution in [1.82, 2.24) is 10.2 Å². The first-order valence-electron chi connectivity index (χ1n) is 5.38. The van der Waals surface area contributed by atoms with Crippen LogP contribution in [0.4, 0.5) is 4.79 Å². The summed E-state index contributed by atoms with van der Waals surface area (Å²) in [4.78, 5) is 13.5. The Balaban J connectivity index is 2.41. The van der Waals surface area contributed by atoms with Crippen molar-refractivity contribution in [3.05, 3.63) is 0 Å². The molecular formula is C10H20N2O2. The first-order valence-corrected chi connectivity index (χ1v) is 5.38. The molecule has 1 heterocycles. The highest BCUT2D eigenvalue weighted by Crippen LogP contribution is 2.06. The lowest BCUT2D eigenvalue weighted by Gasteiger charge is -2.26. The number of nitrogens with zero attached hydrogens (tertiary/aromatic N) is 1. The molecular weight excluding hydrogens is 180 g/mol. The smallest absolute Gasteiger partial charge is 0.317 e. The average Bonchev–Trinajstić information content (AvgIpc) is 2.39. The molecule has 4 nitrogen and oxygen atoms in total. The molecule has 0 aromatic rings. The number of urea groups is 1. The quantitative estimate of drug-likeness (QED) is 0.728. The zero-order valence-corrected chi connectivity index (χ0v) is 9.08.